The number of anilines is 1. The van der Waals surface area contributed by atoms with Gasteiger partial charge in [0.2, 0.25) is 0 Å². The Labute approximate surface area is 128 Å². The van der Waals surface area contributed by atoms with Crippen molar-refractivity contribution in [3.05, 3.63) is 29.0 Å². The minimum absolute atomic E-state index is 0.483. The highest BCUT2D eigenvalue weighted by Crippen LogP contribution is 2.21. The normalized spacial score (nSPS) is 12.5. The maximum Gasteiger partial charge on any atom is 0.186 e. The van der Waals surface area contributed by atoms with Crippen LogP contribution in [0.2, 0.25) is 0 Å². The van der Waals surface area contributed by atoms with Crippen LogP contribution in [0.3, 0.4) is 0 Å². The van der Waals surface area contributed by atoms with E-state index in [9.17, 15) is 5.21 Å². The third kappa shape index (κ3) is 6.06. The fourth-order valence-electron chi connectivity index (χ4n) is 1.83. The number of hydroxylamine groups is 1. The summed E-state index contributed by atoms with van der Waals surface area (Å²) in [4.78, 5) is 0. The van der Waals surface area contributed by atoms with E-state index in [1.807, 2.05) is 26.8 Å². The number of unbranched alkanes of at least 4 members (excludes halogenated alkanes) is 3. The van der Waals surface area contributed by atoms with Crippen LogP contribution >= 0.6 is 0 Å². The summed E-state index contributed by atoms with van der Waals surface area (Å²) in [6, 6.07) is 5.40. The Kier molecular flexibility index (Phi) is 6.53. The summed E-state index contributed by atoms with van der Waals surface area (Å²) < 4.78 is 6.74. The molecule has 0 bridgehead atoms. The molecule has 1 aromatic carbocycles. The third-order valence-corrected chi connectivity index (χ3v) is 3.21. The zero-order chi connectivity index (χ0) is 15.9. The van der Waals surface area contributed by atoms with Crippen molar-refractivity contribution < 1.29 is 9.48 Å². The minimum atomic E-state index is -0.483. The summed E-state index contributed by atoms with van der Waals surface area (Å²) in [7, 11) is 0. The van der Waals surface area contributed by atoms with Crippen molar-refractivity contribution in [2.24, 2.45) is 0 Å². The molecule has 4 nitrogen and oxygen atoms in total. The molecule has 0 saturated carbocycles. The van der Waals surface area contributed by atoms with Gasteiger partial charge in [-0.05, 0) is 24.6 Å². The number of hydrogen-bond acceptors (Lipinski definition) is 3. The highest BCUT2D eigenvalue weighted by atomic mass is 16.5. The predicted octanol–water partition coefficient (Wildman–Crippen LogP) is 3.96. The molecule has 0 saturated heterocycles. The average Bonchev–Trinajstić information content (AvgIpc) is 2.39. The molecule has 0 aromatic heterocycles. The molecule has 21 heavy (non-hydrogen) atoms. The van der Waals surface area contributed by atoms with E-state index in [2.05, 4.69) is 6.92 Å². The lowest BCUT2D eigenvalue weighted by Crippen LogP contribution is -2.29. The first-order valence-electron chi connectivity index (χ1n) is 7.68. The van der Waals surface area contributed by atoms with E-state index in [4.69, 9.17) is 10.5 Å². The van der Waals surface area contributed by atoms with Gasteiger partial charge in [-0.15, -0.1) is 0 Å². The lowest BCUT2D eigenvalue weighted by molar-refractivity contribution is -0.530. The maximum atomic E-state index is 12.1. The zero-order valence-corrected chi connectivity index (χ0v) is 13.7. The van der Waals surface area contributed by atoms with Crippen LogP contribution in [0.5, 0.6) is 5.75 Å². The number of benzene rings is 1. The molecular formula is C17H28N2O2. The molecule has 0 aliphatic carbocycles. The molecule has 1 aromatic rings. The smallest absolute Gasteiger partial charge is 0.186 e. The van der Waals surface area contributed by atoms with Gasteiger partial charge in [-0.2, -0.15) is 0 Å². The first kappa shape index (κ1) is 17.3. The van der Waals surface area contributed by atoms with E-state index in [0.717, 1.165) is 16.7 Å². The molecule has 4 heteroatoms. The number of nitrogens with two attached hydrogens (primary N) is 1. The predicted molar refractivity (Wildman–Crippen MR) is 89.0 cm³/mol. The van der Waals surface area contributed by atoms with E-state index in [0.29, 0.717) is 18.0 Å². The lowest BCUT2D eigenvalue weighted by atomic mass is 10.1. The second-order valence-electron chi connectivity index (χ2n) is 6.33. The molecule has 0 radical (unpaired) electrons. The van der Waals surface area contributed by atoms with Crippen molar-refractivity contribution in [1.82, 2.24) is 0 Å². The van der Waals surface area contributed by atoms with Crippen molar-refractivity contribution in [1.29, 1.82) is 0 Å². The van der Waals surface area contributed by atoms with Gasteiger partial charge in [-0.25, -0.2) is 4.74 Å². The van der Waals surface area contributed by atoms with E-state index in [1.165, 1.54) is 19.3 Å². The number of ether oxygens (including phenoxy) is 1. The van der Waals surface area contributed by atoms with Gasteiger partial charge in [0.1, 0.15) is 5.75 Å². The van der Waals surface area contributed by atoms with Crippen LogP contribution < -0.4 is 10.5 Å². The quantitative estimate of drug-likeness (QED) is 0.207. The van der Waals surface area contributed by atoms with Crippen LogP contribution in [0.15, 0.2) is 18.2 Å². The van der Waals surface area contributed by atoms with Crippen LogP contribution in [-0.4, -0.2) is 23.1 Å². The SMILES string of the molecule is CCCCCCOc1ccc(N)cc1/C=[N+](\[O-])C(C)(C)C. The van der Waals surface area contributed by atoms with Crippen LogP contribution in [0.4, 0.5) is 5.69 Å². The standard InChI is InChI=1S/C17H28N2O2/c1-5-6-7-8-11-21-16-10-9-15(18)12-14(16)13-19(20)17(2,3)4/h9-10,12-13H,5-8,11,18H2,1-4H3/b19-13-. The van der Waals surface area contributed by atoms with Gasteiger partial charge in [-0.1, -0.05) is 26.2 Å². The maximum absolute atomic E-state index is 12.1. The zero-order valence-electron chi connectivity index (χ0n) is 13.7. The molecular weight excluding hydrogens is 264 g/mol. The highest BCUT2D eigenvalue weighted by Gasteiger charge is 2.19. The molecule has 0 atom stereocenters. The van der Waals surface area contributed by atoms with Crippen LogP contribution in [0.1, 0.15) is 58.9 Å². The Bertz CT molecular complexity index is 476. The van der Waals surface area contributed by atoms with E-state index in [-0.39, 0.29) is 0 Å². The molecule has 0 spiro atoms. The second kappa shape index (κ2) is 7.91. The topological polar surface area (TPSA) is 61.3 Å². The summed E-state index contributed by atoms with van der Waals surface area (Å²) in [5.41, 5.74) is 6.69. The van der Waals surface area contributed by atoms with Crippen LogP contribution in [-0.2, 0) is 0 Å². The molecule has 0 fully saturated rings. The van der Waals surface area contributed by atoms with Crippen molar-refractivity contribution in [3.8, 4) is 5.75 Å². The minimum Gasteiger partial charge on any atom is -0.623 e. The van der Waals surface area contributed by atoms with Gasteiger partial charge in [0.05, 0.1) is 12.2 Å². The third-order valence-electron chi connectivity index (χ3n) is 3.21. The monoisotopic (exact) mass is 292 g/mol. The summed E-state index contributed by atoms with van der Waals surface area (Å²) in [6.45, 7) is 8.46. The average molecular weight is 292 g/mol. The van der Waals surface area contributed by atoms with Crippen molar-refractivity contribution >= 4 is 11.9 Å². The van der Waals surface area contributed by atoms with Crippen LogP contribution in [0.25, 0.3) is 0 Å². The van der Waals surface area contributed by atoms with Gasteiger partial charge >= 0.3 is 0 Å². The summed E-state index contributed by atoms with van der Waals surface area (Å²) in [6.07, 6.45) is 6.18. The summed E-state index contributed by atoms with van der Waals surface area (Å²) in [5.74, 6) is 0.714. The number of hydrogen-bond donors (Lipinski definition) is 1. The molecule has 0 unspecified atom stereocenters. The van der Waals surface area contributed by atoms with Crippen LogP contribution in [0, 0.1) is 5.21 Å². The molecule has 1 rings (SSSR count). The Morgan fingerprint density at radius 2 is 1.95 bits per heavy atom. The molecule has 0 heterocycles. The summed E-state index contributed by atoms with van der Waals surface area (Å²) >= 11 is 0. The van der Waals surface area contributed by atoms with Gasteiger partial charge < -0.3 is 15.7 Å². The largest absolute Gasteiger partial charge is 0.623 e. The van der Waals surface area contributed by atoms with Crippen molar-refractivity contribution in [2.45, 2.75) is 58.9 Å². The van der Waals surface area contributed by atoms with E-state index in [1.54, 1.807) is 18.3 Å². The summed E-state index contributed by atoms with van der Waals surface area (Å²) in [5, 5.41) is 12.1. The molecule has 0 aliphatic heterocycles. The first-order chi connectivity index (χ1) is 9.84. The lowest BCUT2D eigenvalue weighted by Gasteiger charge is -2.19. The molecule has 0 aliphatic rings. The fraction of sp³-hybridized carbons (Fsp3) is 0.588. The van der Waals surface area contributed by atoms with Gasteiger partial charge in [0.25, 0.3) is 0 Å². The van der Waals surface area contributed by atoms with Gasteiger partial charge in [0, 0.05) is 26.5 Å². The Hall–Kier alpha value is -1.71. The number of nitrogens with zero attached hydrogens (tertiary/aromatic N) is 1. The highest BCUT2D eigenvalue weighted by molar-refractivity contribution is 5.82. The van der Waals surface area contributed by atoms with Gasteiger partial charge in [-0.3, -0.25) is 0 Å². The van der Waals surface area contributed by atoms with E-state index < -0.39 is 5.54 Å². The number of nitrogen functional groups attached to an aromatic ring is 1. The van der Waals surface area contributed by atoms with Gasteiger partial charge in [0.15, 0.2) is 11.8 Å². The van der Waals surface area contributed by atoms with E-state index >= 15 is 0 Å². The Balaban J connectivity index is 2.81. The second-order valence-corrected chi connectivity index (χ2v) is 6.33. The fourth-order valence-corrected chi connectivity index (χ4v) is 1.83. The molecule has 118 valence electrons. The Morgan fingerprint density at radius 1 is 1.24 bits per heavy atom. The first-order valence-corrected chi connectivity index (χ1v) is 7.68. The molecule has 2 N–H and O–H groups in total. The Morgan fingerprint density at radius 3 is 2.57 bits per heavy atom. The van der Waals surface area contributed by atoms with Crippen molar-refractivity contribution in [3.63, 3.8) is 0 Å². The van der Waals surface area contributed by atoms with Crippen molar-refractivity contribution in [2.75, 3.05) is 12.3 Å². The molecule has 0 amide bonds. The number of rotatable bonds is 7.